The Hall–Kier alpha value is -1.79. The van der Waals surface area contributed by atoms with Crippen LogP contribution in [0.4, 0.5) is 5.69 Å². The van der Waals surface area contributed by atoms with Gasteiger partial charge in [0.15, 0.2) is 5.78 Å². The van der Waals surface area contributed by atoms with Crippen molar-refractivity contribution in [3.63, 3.8) is 0 Å². The summed E-state index contributed by atoms with van der Waals surface area (Å²) >= 11 is 1.38. The van der Waals surface area contributed by atoms with Gasteiger partial charge in [0.05, 0.1) is 15.2 Å². The second-order valence-corrected chi connectivity index (χ2v) is 7.67. The Balaban J connectivity index is 1.58. The molecule has 3 aliphatic heterocycles. The lowest BCUT2D eigenvalue weighted by atomic mass is 9.76. The Morgan fingerprint density at radius 2 is 2.13 bits per heavy atom. The zero-order chi connectivity index (χ0) is 16.0. The smallest absolute Gasteiger partial charge is 0.278 e. The minimum Gasteiger partial charge on any atom is -0.303 e. The molecule has 2 aromatic rings. The van der Waals surface area contributed by atoms with Gasteiger partial charge in [0.1, 0.15) is 0 Å². The van der Waals surface area contributed by atoms with Crippen LogP contribution in [0.3, 0.4) is 0 Å². The molecule has 5 rings (SSSR count). The van der Waals surface area contributed by atoms with Gasteiger partial charge in [-0.25, -0.2) is 0 Å². The molecule has 0 unspecified atom stereocenters. The van der Waals surface area contributed by atoms with Crippen LogP contribution in [0.25, 0.3) is 10.1 Å². The predicted octanol–water partition coefficient (Wildman–Crippen LogP) is 3.72. The Kier molecular flexibility index (Phi) is 3.66. The zero-order valence-electron chi connectivity index (χ0n) is 12.7. The van der Waals surface area contributed by atoms with E-state index in [1.807, 2.05) is 6.07 Å². The van der Waals surface area contributed by atoms with E-state index >= 15 is 0 Å². The molecule has 0 amide bonds. The number of hydrogen-bond donors (Lipinski definition) is 0. The van der Waals surface area contributed by atoms with E-state index in [2.05, 4.69) is 4.90 Å². The van der Waals surface area contributed by atoms with Gasteiger partial charge >= 0.3 is 0 Å². The lowest BCUT2D eigenvalue weighted by Gasteiger charge is -2.44. The molecular weight excluding hydrogens is 312 g/mol. The van der Waals surface area contributed by atoms with E-state index in [9.17, 15) is 14.9 Å². The number of benzene rings is 1. The SMILES string of the molecule is O=C(C[C@H]1CN2CCC1CC2)c1cc2c([N+](=O)[O-])cccc2s1. The molecule has 1 aromatic carbocycles. The minimum absolute atomic E-state index is 0.0839. The van der Waals surface area contributed by atoms with E-state index in [-0.39, 0.29) is 16.4 Å². The molecular formula is C17H18N2O3S. The maximum absolute atomic E-state index is 12.7. The van der Waals surface area contributed by atoms with Crippen molar-refractivity contribution in [3.05, 3.63) is 39.3 Å². The Labute approximate surface area is 138 Å². The number of piperidine rings is 3. The van der Waals surface area contributed by atoms with Crippen molar-refractivity contribution in [2.45, 2.75) is 19.3 Å². The van der Waals surface area contributed by atoms with Crippen molar-refractivity contribution < 1.29 is 9.72 Å². The average Bonchev–Trinajstić information content (AvgIpc) is 3.00. The van der Waals surface area contributed by atoms with Crippen LogP contribution < -0.4 is 0 Å². The number of hydrogen-bond acceptors (Lipinski definition) is 5. The van der Waals surface area contributed by atoms with E-state index < -0.39 is 0 Å². The standard InChI is InChI=1S/C17H18N2O3S/c20-15(8-12-10-18-6-4-11(12)5-7-18)17-9-13-14(19(21)22)2-1-3-16(13)23-17/h1-3,9,11-12H,4-8,10H2/t12-/m0/s1. The summed E-state index contributed by atoms with van der Waals surface area (Å²) in [5.74, 6) is 1.26. The number of thiophene rings is 1. The van der Waals surface area contributed by atoms with Gasteiger partial charge in [0.2, 0.25) is 0 Å². The van der Waals surface area contributed by atoms with Gasteiger partial charge in [0.25, 0.3) is 5.69 Å². The monoisotopic (exact) mass is 330 g/mol. The van der Waals surface area contributed by atoms with Crippen LogP contribution in [0.5, 0.6) is 0 Å². The van der Waals surface area contributed by atoms with Crippen LogP contribution in [0.1, 0.15) is 28.9 Å². The normalized spacial score (nSPS) is 26.5. The van der Waals surface area contributed by atoms with E-state index in [0.29, 0.717) is 28.5 Å². The quantitative estimate of drug-likeness (QED) is 0.487. The van der Waals surface area contributed by atoms with Gasteiger partial charge in [0, 0.05) is 23.7 Å². The third-order valence-electron chi connectivity index (χ3n) is 5.25. The second kappa shape index (κ2) is 5.69. The van der Waals surface area contributed by atoms with Crippen molar-refractivity contribution in [2.75, 3.05) is 19.6 Å². The summed E-state index contributed by atoms with van der Waals surface area (Å²) < 4.78 is 0.816. The topological polar surface area (TPSA) is 63.5 Å². The highest BCUT2D eigenvalue weighted by Gasteiger charge is 2.35. The molecule has 120 valence electrons. The maximum Gasteiger partial charge on any atom is 0.278 e. The molecule has 4 heterocycles. The molecule has 0 radical (unpaired) electrons. The van der Waals surface area contributed by atoms with Crippen LogP contribution in [-0.2, 0) is 0 Å². The maximum atomic E-state index is 12.7. The number of carbonyl (C=O) groups is 1. The minimum atomic E-state index is -0.378. The molecule has 3 fully saturated rings. The van der Waals surface area contributed by atoms with E-state index in [1.165, 1.54) is 43.3 Å². The van der Waals surface area contributed by atoms with Crippen molar-refractivity contribution in [3.8, 4) is 0 Å². The number of fused-ring (bicyclic) bond motifs is 4. The average molecular weight is 330 g/mol. The number of non-ortho nitro benzene ring substituents is 1. The van der Waals surface area contributed by atoms with Gasteiger partial charge in [-0.2, -0.15) is 0 Å². The second-order valence-electron chi connectivity index (χ2n) is 6.58. The molecule has 0 spiro atoms. The van der Waals surface area contributed by atoms with Crippen molar-refractivity contribution >= 4 is 32.9 Å². The number of ketones is 1. The predicted molar refractivity (Wildman–Crippen MR) is 90.1 cm³/mol. The van der Waals surface area contributed by atoms with Gasteiger partial charge in [-0.3, -0.25) is 14.9 Å². The highest BCUT2D eigenvalue weighted by atomic mass is 32.1. The molecule has 3 saturated heterocycles. The van der Waals surface area contributed by atoms with Crippen LogP contribution in [0.2, 0.25) is 0 Å². The molecule has 0 aliphatic carbocycles. The number of Topliss-reactive ketones (excluding diaryl/α,β-unsaturated/α-hetero) is 1. The molecule has 0 saturated carbocycles. The lowest BCUT2D eigenvalue weighted by Crippen LogP contribution is -2.47. The highest BCUT2D eigenvalue weighted by Crippen LogP contribution is 2.37. The first-order chi connectivity index (χ1) is 11.1. The number of nitro groups is 1. The van der Waals surface area contributed by atoms with Crippen molar-refractivity contribution in [1.82, 2.24) is 4.90 Å². The van der Waals surface area contributed by atoms with Crippen LogP contribution in [0, 0.1) is 22.0 Å². The Bertz CT molecular complexity index is 777. The molecule has 3 aliphatic rings. The summed E-state index contributed by atoms with van der Waals surface area (Å²) in [7, 11) is 0. The molecule has 2 bridgehead atoms. The fraction of sp³-hybridized carbons (Fsp3) is 0.471. The highest BCUT2D eigenvalue weighted by molar-refractivity contribution is 7.20. The Morgan fingerprint density at radius 1 is 1.35 bits per heavy atom. The fourth-order valence-corrected chi connectivity index (χ4v) is 5.03. The van der Waals surface area contributed by atoms with Crippen molar-refractivity contribution in [2.24, 2.45) is 11.8 Å². The fourth-order valence-electron chi connectivity index (χ4n) is 4.00. The van der Waals surface area contributed by atoms with Crippen LogP contribution in [-0.4, -0.2) is 35.2 Å². The number of rotatable bonds is 4. The van der Waals surface area contributed by atoms with E-state index in [4.69, 9.17) is 0 Å². The van der Waals surface area contributed by atoms with Crippen molar-refractivity contribution in [1.29, 1.82) is 0 Å². The summed E-state index contributed by atoms with van der Waals surface area (Å²) in [4.78, 5) is 26.5. The Morgan fingerprint density at radius 3 is 2.78 bits per heavy atom. The number of carbonyl (C=O) groups excluding carboxylic acids is 1. The third-order valence-corrected chi connectivity index (χ3v) is 6.39. The van der Waals surface area contributed by atoms with Gasteiger partial charge < -0.3 is 4.90 Å². The first-order valence-electron chi connectivity index (χ1n) is 8.04. The summed E-state index contributed by atoms with van der Waals surface area (Å²) in [6.07, 6.45) is 2.98. The van der Waals surface area contributed by atoms with E-state index in [0.717, 1.165) is 11.2 Å². The number of nitro benzene ring substituents is 1. The molecule has 6 heteroatoms. The summed E-state index contributed by atoms with van der Waals surface area (Å²) in [5, 5.41) is 11.7. The summed E-state index contributed by atoms with van der Waals surface area (Å²) in [6, 6.07) is 6.73. The lowest BCUT2D eigenvalue weighted by molar-refractivity contribution is -0.383. The summed E-state index contributed by atoms with van der Waals surface area (Å²) in [5.41, 5.74) is 0.0839. The zero-order valence-corrected chi connectivity index (χ0v) is 13.6. The van der Waals surface area contributed by atoms with Crippen LogP contribution >= 0.6 is 11.3 Å². The first-order valence-corrected chi connectivity index (χ1v) is 8.86. The summed E-state index contributed by atoms with van der Waals surface area (Å²) in [6.45, 7) is 3.37. The van der Waals surface area contributed by atoms with Gasteiger partial charge in [-0.1, -0.05) is 6.07 Å². The first kappa shape index (κ1) is 14.8. The molecule has 23 heavy (non-hydrogen) atoms. The third kappa shape index (κ3) is 2.66. The van der Waals surface area contributed by atoms with Gasteiger partial charge in [-0.15, -0.1) is 11.3 Å². The largest absolute Gasteiger partial charge is 0.303 e. The van der Waals surface area contributed by atoms with Crippen LogP contribution in [0.15, 0.2) is 24.3 Å². The molecule has 1 atom stereocenters. The van der Waals surface area contributed by atoms with E-state index in [1.54, 1.807) is 12.1 Å². The van der Waals surface area contributed by atoms with Gasteiger partial charge in [-0.05, 0) is 49.9 Å². The number of nitrogens with zero attached hydrogens (tertiary/aromatic N) is 2. The molecule has 0 N–H and O–H groups in total. The molecule has 1 aromatic heterocycles. The molecule has 5 nitrogen and oxygen atoms in total.